The van der Waals surface area contributed by atoms with Crippen LogP contribution in [0.2, 0.25) is 0 Å². The monoisotopic (exact) mass is 328 g/mol. The molecule has 126 valence electrons. The zero-order valence-electron chi connectivity index (χ0n) is 12.6. The molecule has 0 unspecified atom stereocenters. The first-order chi connectivity index (χ1) is 10.9. The van der Waals surface area contributed by atoms with Gasteiger partial charge in [0.25, 0.3) is 0 Å². The Kier molecular flexibility index (Phi) is 7.55. The average Bonchev–Trinajstić information content (AvgIpc) is 2.55. The van der Waals surface area contributed by atoms with E-state index >= 15 is 0 Å². The third kappa shape index (κ3) is 6.28. The van der Waals surface area contributed by atoms with Gasteiger partial charge in [-0.1, -0.05) is 19.3 Å². The lowest BCUT2D eigenvalue weighted by atomic mass is 9.95. The summed E-state index contributed by atoms with van der Waals surface area (Å²) in [6.07, 6.45) is 1.33. The molecule has 0 aromatic heterocycles. The zero-order valence-corrected chi connectivity index (χ0v) is 12.6. The number of carbonyl (C=O) groups excluding carboxylic acids is 1. The van der Waals surface area contributed by atoms with Gasteiger partial charge >= 0.3 is 6.18 Å². The van der Waals surface area contributed by atoms with E-state index in [0.29, 0.717) is 12.0 Å². The Labute approximate surface area is 132 Å². The number of nitriles is 1. The minimum Gasteiger partial charge on any atom is -0.389 e. The minimum absolute atomic E-state index is 0.239. The summed E-state index contributed by atoms with van der Waals surface area (Å²) >= 11 is 0. The molecular weight excluding hydrogens is 309 g/mol. The second-order valence-corrected chi connectivity index (χ2v) is 5.20. The third-order valence-corrected chi connectivity index (χ3v) is 3.50. The van der Waals surface area contributed by atoms with Crippen LogP contribution < -0.4 is 5.32 Å². The Morgan fingerprint density at radius 1 is 1.30 bits per heavy atom. The van der Waals surface area contributed by atoms with Crippen molar-refractivity contribution in [1.29, 1.82) is 5.26 Å². The highest BCUT2D eigenvalue weighted by Crippen LogP contribution is 2.34. The van der Waals surface area contributed by atoms with Crippen LogP contribution in [0, 0.1) is 11.3 Å². The first-order valence-corrected chi connectivity index (χ1v) is 7.34. The number of hydrogen-bond donors (Lipinski definition) is 2. The van der Waals surface area contributed by atoms with Gasteiger partial charge in [0.1, 0.15) is 6.29 Å². The Morgan fingerprint density at radius 2 is 1.91 bits per heavy atom. The summed E-state index contributed by atoms with van der Waals surface area (Å²) in [5, 5.41) is 19.4. The SMILES string of the molecule is N#Cc1ccc(NC2CCCCC2)cc1C(F)(F)F.O=CCO. The number of nitrogens with one attached hydrogen (secondary N) is 1. The molecule has 0 bridgehead atoms. The van der Waals surface area contributed by atoms with Crippen molar-refractivity contribution in [3.8, 4) is 6.07 Å². The third-order valence-electron chi connectivity index (χ3n) is 3.50. The van der Waals surface area contributed by atoms with Crippen molar-refractivity contribution in [3.05, 3.63) is 29.3 Å². The topological polar surface area (TPSA) is 73.1 Å². The van der Waals surface area contributed by atoms with Crippen molar-refractivity contribution in [2.24, 2.45) is 0 Å². The molecule has 1 fully saturated rings. The van der Waals surface area contributed by atoms with E-state index in [1.807, 2.05) is 0 Å². The summed E-state index contributed by atoms with van der Waals surface area (Å²) < 4.78 is 38.4. The molecule has 0 aliphatic heterocycles. The summed E-state index contributed by atoms with van der Waals surface area (Å²) in [4.78, 5) is 8.92. The van der Waals surface area contributed by atoms with Crippen LogP contribution in [0.5, 0.6) is 0 Å². The molecular formula is C16H19F3N2O2. The summed E-state index contributed by atoms with van der Waals surface area (Å²) in [6, 6.07) is 5.63. The minimum atomic E-state index is -4.49. The van der Waals surface area contributed by atoms with E-state index in [9.17, 15) is 13.2 Å². The van der Waals surface area contributed by atoms with Crippen LogP contribution in [-0.4, -0.2) is 24.0 Å². The second-order valence-electron chi connectivity index (χ2n) is 5.20. The molecule has 1 aromatic carbocycles. The van der Waals surface area contributed by atoms with Gasteiger partial charge in [-0.15, -0.1) is 0 Å². The number of nitrogens with zero attached hydrogens (tertiary/aromatic N) is 1. The average molecular weight is 328 g/mol. The van der Waals surface area contributed by atoms with Crippen molar-refractivity contribution in [1.82, 2.24) is 0 Å². The van der Waals surface area contributed by atoms with Crippen LogP contribution in [0.1, 0.15) is 43.2 Å². The fraction of sp³-hybridized carbons (Fsp3) is 0.500. The standard InChI is InChI=1S/C14H15F3N2.C2H4O2/c15-14(16,17)13-8-12(7-6-10(13)9-18)19-11-4-2-1-3-5-11;3-1-2-4/h6-8,11,19H,1-5H2;1,4H,2H2. The fourth-order valence-electron chi connectivity index (χ4n) is 2.45. The molecule has 1 aromatic rings. The molecule has 23 heavy (non-hydrogen) atoms. The van der Waals surface area contributed by atoms with Crippen molar-refractivity contribution in [2.75, 3.05) is 11.9 Å². The van der Waals surface area contributed by atoms with Crippen LogP contribution >= 0.6 is 0 Å². The van der Waals surface area contributed by atoms with Crippen molar-refractivity contribution < 1.29 is 23.1 Å². The smallest absolute Gasteiger partial charge is 0.389 e. The summed E-state index contributed by atoms with van der Waals surface area (Å²) in [7, 11) is 0. The number of carbonyl (C=O) groups is 1. The van der Waals surface area contributed by atoms with E-state index in [1.165, 1.54) is 12.5 Å². The van der Waals surface area contributed by atoms with Crippen molar-refractivity contribution in [2.45, 2.75) is 44.3 Å². The fourth-order valence-corrected chi connectivity index (χ4v) is 2.45. The lowest BCUT2D eigenvalue weighted by Crippen LogP contribution is -2.22. The van der Waals surface area contributed by atoms with Gasteiger partial charge in [-0.25, -0.2) is 0 Å². The summed E-state index contributed by atoms with van der Waals surface area (Å²) in [6.45, 7) is -0.361. The summed E-state index contributed by atoms with van der Waals surface area (Å²) in [5.41, 5.74) is -0.754. The van der Waals surface area contributed by atoms with Gasteiger partial charge in [0.2, 0.25) is 0 Å². The van der Waals surface area contributed by atoms with Gasteiger partial charge in [0.05, 0.1) is 23.8 Å². The maximum atomic E-state index is 12.8. The van der Waals surface area contributed by atoms with E-state index in [1.54, 1.807) is 12.1 Å². The number of rotatable bonds is 3. The first kappa shape index (κ1) is 19.0. The molecule has 0 atom stereocenters. The van der Waals surface area contributed by atoms with Gasteiger partial charge in [0, 0.05) is 11.7 Å². The molecule has 0 saturated heterocycles. The number of anilines is 1. The maximum Gasteiger partial charge on any atom is 0.417 e. The highest BCUT2D eigenvalue weighted by molar-refractivity contribution is 5.53. The van der Waals surface area contributed by atoms with Gasteiger partial charge in [-0.2, -0.15) is 18.4 Å². The van der Waals surface area contributed by atoms with Gasteiger partial charge < -0.3 is 15.2 Å². The number of aldehydes is 1. The number of benzene rings is 1. The number of aliphatic hydroxyl groups excluding tert-OH is 1. The second kappa shape index (κ2) is 9.16. The molecule has 7 heteroatoms. The molecule has 1 saturated carbocycles. The van der Waals surface area contributed by atoms with Crippen LogP contribution in [0.25, 0.3) is 0 Å². The Morgan fingerprint density at radius 3 is 2.39 bits per heavy atom. The lowest BCUT2D eigenvalue weighted by Gasteiger charge is -2.24. The van der Waals surface area contributed by atoms with E-state index in [0.717, 1.165) is 31.7 Å². The molecule has 0 spiro atoms. The Bertz CT molecular complexity index is 547. The number of alkyl halides is 3. The van der Waals surface area contributed by atoms with E-state index < -0.39 is 11.7 Å². The lowest BCUT2D eigenvalue weighted by molar-refractivity contribution is -0.137. The molecule has 0 radical (unpaired) electrons. The number of aliphatic hydroxyl groups is 1. The predicted octanol–water partition coefficient (Wildman–Crippen LogP) is 3.50. The van der Waals surface area contributed by atoms with E-state index in [-0.39, 0.29) is 18.2 Å². The normalized spacial score (nSPS) is 15.1. The van der Waals surface area contributed by atoms with Crippen LogP contribution in [-0.2, 0) is 11.0 Å². The summed E-state index contributed by atoms with van der Waals surface area (Å²) in [5.74, 6) is 0. The van der Waals surface area contributed by atoms with Gasteiger partial charge in [-0.05, 0) is 31.0 Å². The molecule has 1 aliphatic rings. The van der Waals surface area contributed by atoms with Crippen LogP contribution in [0.3, 0.4) is 0 Å². The molecule has 0 heterocycles. The molecule has 2 N–H and O–H groups in total. The van der Waals surface area contributed by atoms with Gasteiger partial charge in [-0.3, -0.25) is 0 Å². The Balaban J connectivity index is 0.000000593. The highest BCUT2D eigenvalue weighted by Gasteiger charge is 2.34. The number of hydrogen-bond acceptors (Lipinski definition) is 4. The quantitative estimate of drug-likeness (QED) is 0.833. The van der Waals surface area contributed by atoms with Crippen LogP contribution in [0.15, 0.2) is 18.2 Å². The zero-order chi connectivity index (χ0) is 17.3. The molecule has 2 rings (SSSR count). The predicted molar refractivity (Wildman–Crippen MR) is 79.8 cm³/mol. The largest absolute Gasteiger partial charge is 0.417 e. The first-order valence-electron chi connectivity index (χ1n) is 7.34. The molecule has 1 aliphatic carbocycles. The molecule has 0 amide bonds. The van der Waals surface area contributed by atoms with Gasteiger partial charge in [0.15, 0.2) is 0 Å². The number of halogens is 3. The van der Waals surface area contributed by atoms with Crippen LogP contribution in [0.4, 0.5) is 18.9 Å². The molecule has 4 nitrogen and oxygen atoms in total. The maximum absolute atomic E-state index is 12.8. The van der Waals surface area contributed by atoms with E-state index in [4.69, 9.17) is 15.2 Å². The van der Waals surface area contributed by atoms with Crippen molar-refractivity contribution >= 4 is 12.0 Å². The Hall–Kier alpha value is -2.07. The van der Waals surface area contributed by atoms with E-state index in [2.05, 4.69) is 5.32 Å². The van der Waals surface area contributed by atoms with Crippen molar-refractivity contribution in [3.63, 3.8) is 0 Å². The highest BCUT2D eigenvalue weighted by atomic mass is 19.4.